The maximum Gasteiger partial charge on any atom is 0.0823 e. The first-order valence-electron chi connectivity index (χ1n) is 14.2. The number of hydrazine groups is 1. The minimum Gasteiger partial charge on any atom is -0.357 e. The number of allylic oxidation sites excluding steroid dienone is 6. The number of hydrogen-bond donors (Lipinski definition) is 2. The van der Waals surface area contributed by atoms with Crippen LogP contribution < -0.4 is 5.32 Å². The van der Waals surface area contributed by atoms with E-state index in [9.17, 15) is 0 Å². The van der Waals surface area contributed by atoms with E-state index in [-0.39, 0.29) is 0 Å². The number of para-hydroxylation sites is 1. The zero-order valence-electron chi connectivity index (χ0n) is 21.5. The summed E-state index contributed by atoms with van der Waals surface area (Å²) in [5.74, 6) is 0. The molecule has 6 nitrogen and oxygen atoms in total. The van der Waals surface area contributed by atoms with Gasteiger partial charge in [0.2, 0.25) is 0 Å². The molecular weight excluding hydrogens is 468 g/mol. The van der Waals surface area contributed by atoms with Crippen molar-refractivity contribution in [2.75, 3.05) is 26.2 Å². The Hall–Kier alpha value is -3.29. The van der Waals surface area contributed by atoms with Crippen LogP contribution in [0.3, 0.4) is 0 Å². The summed E-state index contributed by atoms with van der Waals surface area (Å²) in [5, 5.41) is 10.6. The van der Waals surface area contributed by atoms with Crippen LogP contribution >= 0.6 is 0 Å². The highest BCUT2D eigenvalue weighted by Crippen LogP contribution is 2.41. The summed E-state index contributed by atoms with van der Waals surface area (Å²) in [6, 6.07) is 9.63. The Labute approximate surface area is 223 Å². The molecule has 2 aromatic rings. The number of rotatable bonds is 2. The Morgan fingerprint density at radius 3 is 2.97 bits per heavy atom. The molecule has 3 unspecified atom stereocenters. The summed E-state index contributed by atoms with van der Waals surface area (Å²) < 4.78 is 0. The van der Waals surface area contributed by atoms with Gasteiger partial charge < -0.3 is 4.98 Å². The highest BCUT2D eigenvalue weighted by atomic mass is 15.7. The molecule has 0 bridgehead atoms. The molecule has 0 saturated carbocycles. The molecule has 1 aromatic heterocycles. The van der Waals surface area contributed by atoms with E-state index in [0.717, 1.165) is 52.0 Å². The quantitative estimate of drug-likeness (QED) is 0.651. The Bertz CT molecular complexity index is 1590. The van der Waals surface area contributed by atoms with E-state index in [1.165, 1.54) is 50.3 Å². The van der Waals surface area contributed by atoms with Crippen molar-refractivity contribution in [1.82, 2.24) is 25.2 Å². The van der Waals surface area contributed by atoms with E-state index in [1.807, 2.05) is 0 Å². The molecule has 0 radical (unpaired) electrons. The van der Waals surface area contributed by atoms with Gasteiger partial charge >= 0.3 is 0 Å². The number of likely N-dealkylation sites (tertiary alicyclic amines) is 1. The Morgan fingerprint density at radius 2 is 1.97 bits per heavy atom. The third-order valence-electron chi connectivity index (χ3n) is 9.67. The number of aliphatic imine (C=N–C) groups is 1. The van der Waals surface area contributed by atoms with Gasteiger partial charge in [0.1, 0.15) is 0 Å². The van der Waals surface area contributed by atoms with Crippen LogP contribution in [0, 0.1) is 0 Å². The van der Waals surface area contributed by atoms with Crippen LogP contribution in [0.2, 0.25) is 0 Å². The van der Waals surface area contributed by atoms with Crippen molar-refractivity contribution in [2.24, 2.45) is 4.99 Å². The number of hydrogen-bond acceptors (Lipinski definition) is 5. The second-order valence-corrected chi connectivity index (χ2v) is 11.6. The van der Waals surface area contributed by atoms with E-state index in [0.29, 0.717) is 18.2 Å². The maximum absolute atomic E-state index is 5.16. The normalized spacial score (nSPS) is 30.5. The van der Waals surface area contributed by atoms with Crippen LogP contribution in [0.15, 0.2) is 99.8 Å². The first kappa shape index (κ1) is 21.6. The summed E-state index contributed by atoms with van der Waals surface area (Å²) >= 11 is 0. The second-order valence-electron chi connectivity index (χ2n) is 11.6. The van der Waals surface area contributed by atoms with Crippen molar-refractivity contribution in [3.63, 3.8) is 0 Å². The Balaban J connectivity index is 1.08. The fraction of sp³-hybridized carbons (Fsp3) is 0.344. The average Bonchev–Trinajstić information content (AvgIpc) is 3.70. The van der Waals surface area contributed by atoms with Gasteiger partial charge in [0.25, 0.3) is 0 Å². The van der Waals surface area contributed by atoms with E-state index >= 15 is 0 Å². The smallest absolute Gasteiger partial charge is 0.0823 e. The van der Waals surface area contributed by atoms with Gasteiger partial charge in [0, 0.05) is 61.0 Å². The Kier molecular flexibility index (Phi) is 4.61. The summed E-state index contributed by atoms with van der Waals surface area (Å²) in [6.07, 6.45) is 19.0. The molecule has 6 heteroatoms. The first-order valence-corrected chi connectivity index (χ1v) is 14.2. The van der Waals surface area contributed by atoms with Crippen molar-refractivity contribution in [2.45, 2.75) is 44.1 Å². The molecule has 2 N–H and O–H groups in total. The van der Waals surface area contributed by atoms with Gasteiger partial charge in [-0.25, -0.2) is 10.0 Å². The monoisotopic (exact) mass is 500 g/mol. The van der Waals surface area contributed by atoms with Crippen LogP contribution in [-0.2, 0) is 13.0 Å². The SMILES string of the molecule is C1=CCC2=C3CN(N4CCc5c([nH]c6ccccc56)C4)C(N4CC5=C6C=CC=CC6NC5C4)CC3=NC2=C1. The minimum atomic E-state index is 0.319. The van der Waals surface area contributed by atoms with Crippen LogP contribution in [0.1, 0.15) is 24.1 Å². The molecule has 7 aliphatic rings. The third kappa shape index (κ3) is 3.12. The standard InChI is InChI=1S/C32H32N6/c1-4-10-26-20(7-1)23-13-14-37(19-31(23)35-26)38-17-25-22-9-3-5-11-27(22)33-29(25)15-32(38)36-16-24-21-8-2-6-12-28(21)34-30(24)18-36/h1-8,10-12,28,30,32,34-35H,9,13-19H2. The predicted molar refractivity (Wildman–Crippen MR) is 151 cm³/mol. The first-order chi connectivity index (χ1) is 18.8. The highest BCUT2D eigenvalue weighted by molar-refractivity contribution is 6.06. The van der Waals surface area contributed by atoms with Gasteiger partial charge in [-0.1, -0.05) is 54.7 Å². The van der Waals surface area contributed by atoms with Crippen molar-refractivity contribution in [3.05, 3.63) is 106 Å². The van der Waals surface area contributed by atoms with Crippen molar-refractivity contribution >= 4 is 16.6 Å². The number of benzene rings is 1. The fourth-order valence-corrected chi connectivity index (χ4v) is 7.85. The summed E-state index contributed by atoms with van der Waals surface area (Å²) in [6.45, 7) is 5.05. The van der Waals surface area contributed by atoms with Crippen molar-refractivity contribution < 1.29 is 0 Å². The molecule has 2 aliphatic carbocycles. The number of aromatic amines is 1. The Morgan fingerprint density at radius 1 is 1.00 bits per heavy atom. The second kappa shape index (κ2) is 8.10. The van der Waals surface area contributed by atoms with Gasteiger partial charge in [0.05, 0.1) is 24.4 Å². The lowest BCUT2D eigenvalue weighted by molar-refractivity contribution is -0.113. The highest BCUT2D eigenvalue weighted by Gasteiger charge is 2.46. The van der Waals surface area contributed by atoms with Crippen LogP contribution in [0.4, 0.5) is 0 Å². The molecule has 3 atom stereocenters. The van der Waals surface area contributed by atoms with Crippen LogP contribution in [-0.4, -0.2) is 70.0 Å². The fourth-order valence-electron chi connectivity index (χ4n) is 7.85. The molecule has 2 saturated heterocycles. The number of nitrogens with zero attached hydrogens (tertiary/aromatic N) is 4. The van der Waals surface area contributed by atoms with Crippen LogP contribution in [0.25, 0.3) is 10.9 Å². The molecular formula is C32H32N6. The molecule has 0 spiro atoms. The zero-order valence-corrected chi connectivity index (χ0v) is 21.5. The average molecular weight is 501 g/mol. The predicted octanol–water partition coefficient (Wildman–Crippen LogP) is 4.15. The minimum absolute atomic E-state index is 0.319. The maximum atomic E-state index is 5.16. The molecule has 38 heavy (non-hydrogen) atoms. The zero-order chi connectivity index (χ0) is 24.8. The number of fused-ring (bicyclic) bond motifs is 7. The molecule has 9 rings (SSSR count). The van der Waals surface area contributed by atoms with Crippen LogP contribution in [0.5, 0.6) is 0 Å². The molecule has 190 valence electrons. The number of nitrogens with one attached hydrogen (secondary N) is 2. The van der Waals surface area contributed by atoms with Gasteiger partial charge in [-0.05, 0) is 52.8 Å². The largest absolute Gasteiger partial charge is 0.357 e. The summed E-state index contributed by atoms with van der Waals surface area (Å²) in [5.41, 5.74) is 12.7. The van der Waals surface area contributed by atoms with E-state index in [1.54, 1.807) is 5.57 Å². The molecule has 2 fully saturated rings. The topological polar surface area (TPSA) is 49.9 Å². The number of H-pyrrole nitrogens is 1. The van der Waals surface area contributed by atoms with Gasteiger partial charge in [-0.2, -0.15) is 0 Å². The van der Waals surface area contributed by atoms with Gasteiger partial charge in [-0.3, -0.25) is 15.2 Å². The number of aromatic nitrogens is 1. The van der Waals surface area contributed by atoms with E-state index in [4.69, 9.17) is 4.99 Å². The molecule has 6 heterocycles. The summed E-state index contributed by atoms with van der Waals surface area (Å²) in [7, 11) is 0. The van der Waals surface area contributed by atoms with Crippen molar-refractivity contribution in [3.8, 4) is 0 Å². The lowest BCUT2D eigenvalue weighted by Gasteiger charge is -2.48. The van der Waals surface area contributed by atoms with E-state index < -0.39 is 0 Å². The number of piperidine rings is 1. The lowest BCUT2D eigenvalue weighted by atomic mass is 9.93. The molecule has 1 aromatic carbocycles. The van der Waals surface area contributed by atoms with Gasteiger partial charge in [0.15, 0.2) is 0 Å². The van der Waals surface area contributed by atoms with E-state index in [2.05, 4.69) is 92.0 Å². The van der Waals surface area contributed by atoms with Crippen molar-refractivity contribution in [1.29, 1.82) is 0 Å². The lowest BCUT2D eigenvalue weighted by Crippen LogP contribution is -2.60. The van der Waals surface area contributed by atoms with Gasteiger partial charge in [-0.15, -0.1) is 0 Å². The third-order valence-corrected chi connectivity index (χ3v) is 9.67. The summed E-state index contributed by atoms with van der Waals surface area (Å²) in [4.78, 5) is 11.6. The molecule has 0 amide bonds. The molecule has 5 aliphatic heterocycles.